The van der Waals surface area contributed by atoms with Crippen molar-refractivity contribution >= 4 is 22.8 Å². The molecule has 78 valence electrons. The van der Waals surface area contributed by atoms with Gasteiger partial charge in [-0.25, -0.2) is 0 Å². The Kier molecular flexibility index (Phi) is 3.00. The summed E-state index contributed by atoms with van der Waals surface area (Å²) in [6.45, 7) is 0. The number of carbonyl (C=O) groups is 1. The van der Waals surface area contributed by atoms with Crippen LogP contribution in [0.2, 0.25) is 0 Å². The molecule has 2 aromatic rings. The Morgan fingerprint density at radius 3 is 2.56 bits per heavy atom. The molecule has 0 amide bonds. The van der Waals surface area contributed by atoms with Crippen LogP contribution in [0.4, 0.5) is 5.69 Å². The van der Waals surface area contributed by atoms with Crippen LogP contribution >= 0.6 is 11.3 Å². The lowest BCUT2D eigenvalue weighted by atomic mass is 10.1. The van der Waals surface area contributed by atoms with Crippen LogP contribution in [0.3, 0.4) is 0 Å². The Hall–Kier alpha value is -2.10. The number of carbonyl (C=O) groups excluding carboxylic acids is 1. The van der Waals surface area contributed by atoms with Gasteiger partial charge in [-0.3, -0.25) is 4.79 Å². The average Bonchev–Trinajstić information content (AvgIpc) is 2.83. The van der Waals surface area contributed by atoms with Crippen molar-refractivity contribution in [1.82, 2.24) is 0 Å². The molecule has 16 heavy (non-hydrogen) atoms. The molecule has 5 heteroatoms. The zero-order valence-corrected chi connectivity index (χ0v) is 9.02. The van der Waals surface area contributed by atoms with Crippen molar-refractivity contribution in [3.63, 3.8) is 0 Å². The van der Waals surface area contributed by atoms with E-state index in [0.29, 0.717) is 16.1 Å². The SMILES string of the molecule is [N-]=[N+]=Nc1ccc(C(=O)c2cccs2)cc1. The van der Waals surface area contributed by atoms with Gasteiger partial charge in [0.1, 0.15) is 0 Å². The summed E-state index contributed by atoms with van der Waals surface area (Å²) >= 11 is 1.41. The minimum absolute atomic E-state index is 0.0116. The first-order valence-corrected chi connectivity index (χ1v) is 5.42. The van der Waals surface area contributed by atoms with Crippen molar-refractivity contribution in [2.75, 3.05) is 0 Å². The second kappa shape index (κ2) is 4.61. The molecule has 0 saturated heterocycles. The highest BCUT2D eigenvalue weighted by atomic mass is 32.1. The lowest BCUT2D eigenvalue weighted by Gasteiger charge is -1.98. The molecule has 0 aliphatic carbocycles. The maximum absolute atomic E-state index is 11.9. The molecule has 0 fully saturated rings. The van der Waals surface area contributed by atoms with Gasteiger partial charge in [0.15, 0.2) is 0 Å². The number of thiophene rings is 1. The zero-order chi connectivity index (χ0) is 11.4. The minimum Gasteiger partial charge on any atom is -0.288 e. The maximum Gasteiger partial charge on any atom is 0.202 e. The summed E-state index contributed by atoms with van der Waals surface area (Å²) in [5, 5.41) is 5.30. The molecule has 0 atom stereocenters. The first-order chi connectivity index (χ1) is 7.81. The highest BCUT2D eigenvalue weighted by molar-refractivity contribution is 7.12. The molecule has 4 nitrogen and oxygen atoms in total. The summed E-state index contributed by atoms with van der Waals surface area (Å²) < 4.78 is 0. The van der Waals surface area contributed by atoms with Crippen LogP contribution in [0.25, 0.3) is 10.4 Å². The van der Waals surface area contributed by atoms with E-state index in [0.717, 1.165) is 0 Å². The van der Waals surface area contributed by atoms with Crippen LogP contribution in [0, 0.1) is 0 Å². The largest absolute Gasteiger partial charge is 0.288 e. The number of benzene rings is 1. The van der Waals surface area contributed by atoms with E-state index < -0.39 is 0 Å². The summed E-state index contributed by atoms with van der Waals surface area (Å²) in [4.78, 5) is 15.3. The second-order valence-corrected chi connectivity index (χ2v) is 3.99. The average molecular weight is 229 g/mol. The molecule has 1 heterocycles. The molecule has 0 spiro atoms. The first kappa shape index (κ1) is 10.4. The number of hydrogen-bond donors (Lipinski definition) is 0. The fraction of sp³-hybridized carbons (Fsp3) is 0. The Balaban J connectivity index is 2.28. The Morgan fingerprint density at radius 2 is 2.00 bits per heavy atom. The van der Waals surface area contributed by atoms with E-state index in [4.69, 9.17) is 5.53 Å². The number of ketones is 1. The van der Waals surface area contributed by atoms with E-state index in [2.05, 4.69) is 10.0 Å². The molecular formula is C11H7N3OS. The first-order valence-electron chi connectivity index (χ1n) is 4.54. The third-order valence-electron chi connectivity index (χ3n) is 2.03. The van der Waals surface area contributed by atoms with Crippen molar-refractivity contribution in [3.05, 3.63) is 62.7 Å². The van der Waals surface area contributed by atoms with Gasteiger partial charge in [-0.15, -0.1) is 11.3 Å². The van der Waals surface area contributed by atoms with Gasteiger partial charge in [0.2, 0.25) is 5.78 Å². The van der Waals surface area contributed by atoms with Gasteiger partial charge in [-0.2, -0.15) is 0 Å². The van der Waals surface area contributed by atoms with Crippen molar-refractivity contribution in [3.8, 4) is 0 Å². The molecule has 0 saturated carbocycles. The third kappa shape index (κ3) is 2.11. The standard InChI is InChI=1S/C11H7N3OS/c12-14-13-9-5-3-8(4-6-9)11(15)10-2-1-7-16-10/h1-7H. The Labute approximate surface area is 95.8 Å². The highest BCUT2D eigenvalue weighted by Gasteiger charge is 2.08. The molecular weight excluding hydrogens is 222 g/mol. The fourth-order valence-corrected chi connectivity index (χ4v) is 1.97. The van der Waals surface area contributed by atoms with Crippen LogP contribution in [-0.4, -0.2) is 5.78 Å². The lowest BCUT2D eigenvalue weighted by Crippen LogP contribution is -1.97. The minimum atomic E-state index is -0.0116. The Morgan fingerprint density at radius 1 is 1.25 bits per heavy atom. The topological polar surface area (TPSA) is 65.8 Å². The molecule has 0 aliphatic heterocycles. The van der Waals surface area contributed by atoms with E-state index >= 15 is 0 Å². The van der Waals surface area contributed by atoms with Gasteiger partial charge in [-0.1, -0.05) is 35.4 Å². The van der Waals surface area contributed by atoms with E-state index in [1.165, 1.54) is 11.3 Å². The van der Waals surface area contributed by atoms with Crippen molar-refractivity contribution in [1.29, 1.82) is 0 Å². The molecule has 0 bridgehead atoms. The second-order valence-electron chi connectivity index (χ2n) is 3.04. The monoisotopic (exact) mass is 229 g/mol. The zero-order valence-electron chi connectivity index (χ0n) is 8.20. The molecule has 0 radical (unpaired) electrons. The molecule has 1 aromatic heterocycles. The molecule has 0 unspecified atom stereocenters. The third-order valence-corrected chi connectivity index (χ3v) is 2.90. The number of azide groups is 1. The lowest BCUT2D eigenvalue weighted by molar-refractivity contribution is 0.104. The molecule has 2 rings (SSSR count). The summed E-state index contributed by atoms with van der Waals surface area (Å²) in [5.41, 5.74) is 9.34. The highest BCUT2D eigenvalue weighted by Crippen LogP contribution is 2.18. The Bertz CT molecular complexity index is 539. The number of nitrogens with zero attached hydrogens (tertiary/aromatic N) is 3. The van der Waals surface area contributed by atoms with Gasteiger partial charge in [0.05, 0.1) is 4.88 Å². The van der Waals surface area contributed by atoms with Crippen LogP contribution < -0.4 is 0 Å². The van der Waals surface area contributed by atoms with Crippen LogP contribution in [0.5, 0.6) is 0 Å². The van der Waals surface area contributed by atoms with Gasteiger partial charge in [0, 0.05) is 16.2 Å². The van der Waals surface area contributed by atoms with Gasteiger partial charge >= 0.3 is 0 Å². The summed E-state index contributed by atoms with van der Waals surface area (Å²) in [6, 6.07) is 10.2. The molecule has 0 aliphatic rings. The fourth-order valence-electron chi connectivity index (χ4n) is 1.28. The quantitative estimate of drug-likeness (QED) is 0.340. The molecule has 1 aromatic carbocycles. The van der Waals surface area contributed by atoms with Gasteiger partial charge < -0.3 is 0 Å². The van der Waals surface area contributed by atoms with Crippen LogP contribution in [-0.2, 0) is 0 Å². The van der Waals surface area contributed by atoms with E-state index in [-0.39, 0.29) is 5.78 Å². The number of hydrogen-bond acceptors (Lipinski definition) is 3. The summed E-state index contributed by atoms with van der Waals surface area (Å²) in [5.74, 6) is -0.0116. The summed E-state index contributed by atoms with van der Waals surface area (Å²) in [6.07, 6.45) is 0. The maximum atomic E-state index is 11.9. The predicted molar refractivity (Wildman–Crippen MR) is 63.0 cm³/mol. The van der Waals surface area contributed by atoms with Gasteiger partial charge in [0.25, 0.3) is 0 Å². The van der Waals surface area contributed by atoms with Gasteiger partial charge in [-0.05, 0) is 17.0 Å². The normalized spacial score (nSPS) is 9.50. The summed E-state index contributed by atoms with van der Waals surface area (Å²) in [7, 11) is 0. The molecule has 0 N–H and O–H groups in total. The number of rotatable bonds is 3. The van der Waals surface area contributed by atoms with E-state index in [1.807, 2.05) is 11.4 Å². The van der Waals surface area contributed by atoms with Crippen LogP contribution in [0.1, 0.15) is 15.2 Å². The van der Waals surface area contributed by atoms with E-state index in [9.17, 15) is 4.79 Å². The van der Waals surface area contributed by atoms with Crippen molar-refractivity contribution < 1.29 is 4.79 Å². The van der Waals surface area contributed by atoms with Crippen molar-refractivity contribution in [2.24, 2.45) is 5.11 Å². The smallest absolute Gasteiger partial charge is 0.202 e. The predicted octanol–water partition coefficient (Wildman–Crippen LogP) is 3.92. The van der Waals surface area contributed by atoms with Crippen LogP contribution in [0.15, 0.2) is 46.9 Å². The van der Waals surface area contributed by atoms with E-state index in [1.54, 1.807) is 30.3 Å². The van der Waals surface area contributed by atoms with Crippen molar-refractivity contribution in [2.45, 2.75) is 0 Å².